The van der Waals surface area contributed by atoms with Crippen molar-refractivity contribution in [1.82, 2.24) is 0 Å². The Morgan fingerprint density at radius 2 is 1.71 bits per heavy atom. The van der Waals surface area contributed by atoms with Crippen LogP contribution in [0.4, 0.5) is 4.39 Å². The molecular formula is C16H14ClFO3. The zero-order valence-corrected chi connectivity index (χ0v) is 12.6. The lowest BCUT2D eigenvalue weighted by Gasteiger charge is -2.11. The number of hydrogen-bond donors (Lipinski definition) is 0. The molecule has 0 bridgehead atoms. The van der Waals surface area contributed by atoms with Gasteiger partial charge in [-0.1, -0.05) is 11.6 Å². The third-order valence-electron chi connectivity index (χ3n) is 3.14. The van der Waals surface area contributed by atoms with E-state index in [-0.39, 0.29) is 22.2 Å². The lowest BCUT2D eigenvalue weighted by molar-refractivity contribution is 0.103. The van der Waals surface area contributed by atoms with Gasteiger partial charge in [0.15, 0.2) is 17.3 Å². The van der Waals surface area contributed by atoms with Gasteiger partial charge < -0.3 is 9.47 Å². The van der Waals surface area contributed by atoms with Gasteiger partial charge in [-0.05, 0) is 36.8 Å². The molecule has 0 aliphatic rings. The number of aryl methyl sites for hydroxylation is 1. The van der Waals surface area contributed by atoms with Crippen LogP contribution in [0.15, 0.2) is 30.3 Å². The van der Waals surface area contributed by atoms with Crippen LogP contribution >= 0.6 is 11.6 Å². The summed E-state index contributed by atoms with van der Waals surface area (Å²) in [4.78, 5) is 12.5. The normalized spacial score (nSPS) is 10.3. The highest BCUT2D eigenvalue weighted by molar-refractivity contribution is 6.35. The summed E-state index contributed by atoms with van der Waals surface area (Å²) < 4.78 is 23.6. The summed E-state index contributed by atoms with van der Waals surface area (Å²) in [7, 11) is 2.96. The molecule has 0 N–H and O–H groups in total. The summed E-state index contributed by atoms with van der Waals surface area (Å²) in [6.45, 7) is 1.60. The molecule has 0 spiro atoms. The van der Waals surface area contributed by atoms with Crippen LogP contribution in [0.2, 0.25) is 5.02 Å². The van der Waals surface area contributed by atoms with Gasteiger partial charge in [-0.3, -0.25) is 4.79 Å². The number of benzene rings is 2. The zero-order chi connectivity index (χ0) is 15.6. The summed E-state index contributed by atoms with van der Waals surface area (Å²) in [6, 6.07) is 7.21. The van der Waals surface area contributed by atoms with Crippen LogP contribution in [0.1, 0.15) is 21.5 Å². The second-order valence-electron chi connectivity index (χ2n) is 4.48. The molecule has 3 nitrogen and oxygen atoms in total. The fourth-order valence-corrected chi connectivity index (χ4v) is 2.21. The number of carbonyl (C=O) groups is 1. The van der Waals surface area contributed by atoms with Crippen LogP contribution in [-0.2, 0) is 0 Å². The molecule has 2 rings (SSSR count). The van der Waals surface area contributed by atoms with E-state index in [1.807, 2.05) is 0 Å². The fraction of sp³-hybridized carbons (Fsp3) is 0.188. The monoisotopic (exact) mass is 308 g/mol. The summed E-state index contributed by atoms with van der Waals surface area (Å²) in [5.74, 6) is 0.187. The first-order chi connectivity index (χ1) is 9.97. The van der Waals surface area contributed by atoms with E-state index in [0.29, 0.717) is 22.6 Å². The quantitative estimate of drug-likeness (QED) is 0.800. The van der Waals surface area contributed by atoms with Crippen molar-refractivity contribution in [3.05, 3.63) is 57.9 Å². The van der Waals surface area contributed by atoms with E-state index < -0.39 is 0 Å². The molecule has 0 fully saturated rings. The van der Waals surface area contributed by atoms with E-state index in [0.717, 1.165) is 0 Å². The predicted octanol–water partition coefficient (Wildman–Crippen LogP) is 4.04. The van der Waals surface area contributed by atoms with E-state index in [1.54, 1.807) is 6.92 Å². The van der Waals surface area contributed by atoms with Gasteiger partial charge in [-0.25, -0.2) is 4.39 Å². The molecule has 110 valence electrons. The van der Waals surface area contributed by atoms with Crippen LogP contribution in [0.25, 0.3) is 0 Å². The summed E-state index contributed by atoms with van der Waals surface area (Å²) >= 11 is 6.12. The van der Waals surface area contributed by atoms with Crippen molar-refractivity contribution in [3.63, 3.8) is 0 Å². The van der Waals surface area contributed by atoms with E-state index >= 15 is 0 Å². The number of hydrogen-bond acceptors (Lipinski definition) is 3. The Bertz CT molecular complexity index is 698. The van der Waals surface area contributed by atoms with Crippen LogP contribution in [-0.4, -0.2) is 20.0 Å². The van der Waals surface area contributed by atoms with E-state index in [2.05, 4.69) is 0 Å². The number of carbonyl (C=O) groups excluding carboxylic acids is 1. The smallest absolute Gasteiger partial charge is 0.194 e. The van der Waals surface area contributed by atoms with Crippen molar-refractivity contribution >= 4 is 17.4 Å². The standard InChI is InChI=1S/C16H14ClFO3/c1-9-6-10(4-5-13(9)18)16(19)11-7-14(20-2)15(21-3)8-12(11)17/h4-8H,1-3H3. The predicted molar refractivity (Wildman–Crippen MR) is 79.1 cm³/mol. The summed E-state index contributed by atoms with van der Waals surface area (Å²) in [6.07, 6.45) is 0. The minimum absolute atomic E-state index is 0.250. The van der Waals surface area contributed by atoms with Crippen molar-refractivity contribution in [2.75, 3.05) is 14.2 Å². The van der Waals surface area contributed by atoms with Crippen LogP contribution in [0.3, 0.4) is 0 Å². The Kier molecular flexibility index (Phi) is 4.48. The van der Waals surface area contributed by atoms with Gasteiger partial charge in [0, 0.05) is 17.2 Å². The molecule has 0 atom stereocenters. The van der Waals surface area contributed by atoms with E-state index in [9.17, 15) is 9.18 Å². The largest absolute Gasteiger partial charge is 0.493 e. The van der Waals surface area contributed by atoms with Crippen molar-refractivity contribution in [1.29, 1.82) is 0 Å². The van der Waals surface area contributed by atoms with Gasteiger partial charge in [-0.15, -0.1) is 0 Å². The Hall–Kier alpha value is -2.07. The fourth-order valence-electron chi connectivity index (χ4n) is 1.97. The molecule has 0 unspecified atom stereocenters. The highest BCUT2D eigenvalue weighted by Crippen LogP contribution is 2.34. The average Bonchev–Trinajstić information content (AvgIpc) is 2.49. The second kappa shape index (κ2) is 6.14. The average molecular weight is 309 g/mol. The number of ketones is 1. The van der Waals surface area contributed by atoms with Gasteiger partial charge in [0.2, 0.25) is 0 Å². The van der Waals surface area contributed by atoms with Crippen LogP contribution in [0.5, 0.6) is 11.5 Å². The third-order valence-corrected chi connectivity index (χ3v) is 3.45. The van der Waals surface area contributed by atoms with Crippen molar-refractivity contribution in [2.24, 2.45) is 0 Å². The highest BCUT2D eigenvalue weighted by Gasteiger charge is 2.18. The zero-order valence-electron chi connectivity index (χ0n) is 11.9. The Morgan fingerprint density at radius 1 is 1.10 bits per heavy atom. The van der Waals surface area contributed by atoms with Gasteiger partial charge in [-0.2, -0.15) is 0 Å². The summed E-state index contributed by atoms with van der Waals surface area (Å²) in [5.41, 5.74) is 1.04. The molecule has 21 heavy (non-hydrogen) atoms. The molecular weight excluding hydrogens is 295 g/mol. The molecule has 0 heterocycles. The topological polar surface area (TPSA) is 35.5 Å². The molecule has 0 aromatic heterocycles. The minimum atomic E-state index is -0.357. The first-order valence-corrected chi connectivity index (χ1v) is 6.58. The number of ether oxygens (including phenoxy) is 2. The molecule has 2 aromatic rings. The number of halogens is 2. The lowest BCUT2D eigenvalue weighted by atomic mass is 10.0. The van der Waals surface area contributed by atoms with Crippen molar-refractivity contribution in [3.8, 4) is 11.5 Å². The number of methoxy groups -OCH3 is 2. The SMILES string of the molecule is COc1cc(Cl)c(C(=O)c2ccc(F)c(C)c2)cc1OC. The van der Waals surface area contributed by atoms with Gasteiger partial charge in [0.25, 0.3) is 0 Å². The maximum absolute atomic E-state index is 13.3. The summed E-state index contributed by atoms with van der Waals surface area (Å²) in [5, 5.41) is 0.250. The van der Waals surface area contributed by atoms with E-state index in [1.165, 1.54) is 44.6 Å². The number of rotatable bonds is 4. The second-order valence-corrected chi connectivity index (χ2v) is 4.89. The molecule has 0 aliphatic heterocycles. The first-order valence-electron chi connectivity index (χ1n) is 6.20. The minimum Gasteiger partial charge on any atom is -0.493 e. The molecule has 0 radical (unpaired) electrons. The Morgan fingerprint density at radius 3 is 2.29 bits per heavy atom. The lowest BCUT2D eigenvalue weighted by Crippen LogP contribution is -2.04. The Labute approximate surface area is 127 Å². The molecule has 0 aliphatic carbocycles. The maximum atomic E-state index is 13.3. The molecule has 0 saturated carbocycles. The van der Waals surface area contributed by atoms with Gasteiger partial charge in [0.1, 0.15) is 5.82 Å². The highest BCUT2D eigenvalue weighted by atomic mass is 35.5. The van der Waals surface area contributed by atoms with E-state index in [4.69, 9.17) is 21.1 Å². The Balaban J connectivity index is 2.50. The molecule has 0 saturated heterocycles. The van der Waals surface area contributed by atoms with Crippen molar-refractivity contribution < 1.29 is 18.7 Å². The first kappa shape index (κ1) is 15.3. The van der Waals surface area contributed by atoms with Gasteiger partial charge >= 0.3 is 0 Å². The van der Waals surface area contributed by atoms with Crippen LogP contribution < -0.4 is 9.47 Å². The van der Waals surface area contributed by atoms with Crippen molar-refractivity contribution in [2.45, 2.75) is 6.92 Å². The van der Waals surface area contributed by atoms with Crippen LogP contribution in [0, 0.1) is 12.7 Å². The third kappa shape index (κ3) is 3.00. The van der Waals surface area contributed by atoms with Gasteiger partial charge in [0.05, 0.1) is 19.2 Å². The molecule has 2 aromatic carbocycles. The molecule has 5 heteroatoms. The molecule has 0 amide bonds. The maximum Gasteiger partial charge on any atom is 0.194 e.